The van der Waals surface area contributed by atoms with Gasteiger partial charge in [-0.05, 0) is 6.07 Å². The summed E-state index contributed by atoms with van der Waals surface area (Å²) in [6.07, 6.45) is 2.50. The summed E-state index contributed by atoms with van der Waals surface area (Å²) < 4.78 is 25.4. The van der Waals surface area contributed by atoms with Gasteiger partial charge >= 0.3 is 0 Å². The van der Waals surface area contributed by atoms with Crippen molar-refractivity contribution in [2.45, 2.75) is 18.7 Å². The number of sulfonamides is 1. The average Bonchev–Trinajstić information content (AvgIpc) is 2.17. The first kappa shape index (κ1) is 12.9. The molecule has 1 rings (SSSR count). The number of nitrogens with zero attached hydrogens (tertiary/aromatic N) is 1. The number of hydrogen-bond donors (Lipinski definition) is 1. The van der Waals surface area contributed by atoms with Gasteiger partial charge in [-0.1, -0.05) is 25.4 Å². The minimum atomic E-state index is -3.91. The number of aromatic nitrogens is 1. The lowest BCUT2D eigenvalue weighted by Gasteiger charge is -2.09. The third-order valence-corrected chi connectivity index (χ3v) is 3.60. The summed E-state index contributed by atoms with van der Waals surface area (Å²) in [6, 6.07) is 1.23. The molecule has 0 radical (unpaired) electrons. The number of halogens is 1. The maximum atomic E-state index is 11.7. The minimum absolute atomic E-state index is 0.0217. The van der Waals surface area contributed by atoms with Gasteiger partial charge in [0.05, 0.1) is 5.02 Å². The van der Waals surface area contributed by atoms with Gasteiger partial charge in [-0.2, -0.15) is 0 Å². The van der Waals surface area contributed by atoms with Gasteiger partial charge in [0.25, 0.3) is 10.0 Å². The van der Waals surface area contributed by atoms with E-state index < -0.39 is 21.8 Å². The molecule has 1 aromatic rings. The van der Waals surface area contributed by atoms with E-state index in [1.807, 2.05) is 4.72 Å². The third-order valence-electron chi connectivity index (χ3n) is 1.78. The van der Waals surface area contributed by atoms with Crippen LogP contribution in [0, 0.1) is 5.92 Å². The van der Waals surface area contributed by atoms with E-state index in [0.717, 1.165) is 0 Å². The van der Waals surface area contributed by atoms with E-state index in [0.29, 0.717) is 0 Å². The molecule has 0 aromatic carbocycles. The summed E-state index contributed by atoms with van der Waals surface area (Å²) in [5, 5.41) is -0.0217. The van der Waals surface area contributed by atoms with E-state index in [-0.39, 0.29) is 9.92 Å². The maximum Gasteiger partial charge on any atom is 0.265 e. The maximum absolute atomic E-state index is 11.7. The Kier molecular flexibility index (Phi) is 3.88. The summed E-state index contributed by atoms with van der Waals surface area (Å²) in [4.78, 5) is 14.8. The van der Waals surface area contributed by atoms with Crippen LogP contribution < -0.4 is 4.72 Å². The first-order chi connectivity index (χ1) is 7.34. The van der Waals surface area contributed by atoms with Crippen molar-refractivity contribution in [3.05, 3.63) is 23.5 Å². The number of nitrogens with one attached hydrogen (secondary N) is 1. The fourth-order valence-electron chi connectivity index (χ4n) is 0.886. The predicted molar refractivity (Wildman–Crippen MR) is 59.4 cm³/mol. The van der Waals surface area contributed by atoms with Crippen LogP contribution >= 0.6 is 11.6 Å². The molecule has 1 amide bonds. The summed E-state index contributed by atoms with van der Waals surface area (Å²) in [5.74, 6) is -0.997. The lowest BCUT2D eigenvalue weighted by Crippen LogP contribution is -2.33. The van der Waals surface area contributed by atoms with Gasteiger partial charge in [-0.25, -0.2) is 13.1 Å². The van der Waals surface area contributed by atoms with E-state index in [9.17, 15) is 13.2 Å². The van der Waals surface area contributed by atoms with E-state index >= 15 is 0 Å². The Morgan fingerprint density at radius 1 is 1.50 bits per heavy atom. The zero-order valence-electron chi connectivity index (χ0n) is 8.77. The topological polar surface area (TPSA) is 76.1 Å². The molecule has 1 aromatic heterocycles. The largest absolute Gasteiger partial charge is 0.274 e. The molecule has 0 saturated carbocycles. The quantitative estimate of drug-likeness (QED) is 0.888. The molecule has 0 aliphatic rings. The van der Waals surface area contributed by atoms with Gasteiger partial charge in [0, 0.05) is 18.3 Å². The highest BCUT2D eigenvalue weighted by Gasteiger charge is 2.21. The van der Waals surface area contributed by atoms with Crippen molar-refractivity contribution in [2.24, 2.45) is 5.92 Å². The predicted octanol–water partition coefficient (Wildman–Crippen LogP) is 1.20. The van der Waals surface area contributed by atoms with E-state index in [1.54, 1.807) is 13.8 Å². The number of carbonyl (C=O) groups is 1. The average molecular weight is 263 g/mol. The summed E-state index contributed by atoms with van der Waals surface area (Å²) in [6.45, 7) is 3.19. The minimum Gasteiger partial charge on any atom is -0.274 e. The summed E-state index contributed by atoms with van der Waals surface area (Å²) in [7, 11) is -3.91. The van der Waals surface area contributed by atoms with Crippen LogP contribution in [0.5, 0.6) is 0 Å². The van der Waals surface area contributed by atoms with Crippen LogP contribution in [0.2, 0.25) is 5.02 Å². The van der Waals surface area contributed by atoms with Crippen molar-refractivity contribution in [3.8, 4) is 0 Å². The molecule has 1 heterocycles. The highest BCUT2D eigenvalue weighted by molar-refractivity contribution is 7.90. The fourth-order valence-corrected chi connectivity index (χ4v) is 2.47. The number of rotatable bonds is 3. The molecule has 0 aliphatic heterocycles. The van der Waals surface area contributed by atoms with Crippen molar-refractivity contribution in [1.82, 2.24) is 9.71 Å². The SMILES string of the molecule is CC(C)C(=O)NS(=O)(=O)c1ccncc1Cl. The smallest absolute Gasteiger partial charge is 0.265 e. The van der Waals surface area contributed by atoms with Crippen molar-refractivity contribution in [1.29, 1.82) is 0 Å². The molecule has 0 aliphatic carbocycles. The lowest BCUT2D eigenvalue weighted by molar-refractivity contribution is -0.122. The number of amides is 1. The first-order valence-corrected chi connectivity index (χ1v) is 6.37. The number of hydrogen-bond acceptors (Lipinski definition) is 4. The van der Waals surface area contributed by atoms with Crippen molar-refractivity contribution >= 4 is 27.5 Å². The van der Waals surface area contributed by atoms with Gasteiger partial charge in [-0.15, -0.1) is 0 Å². The highest BCUT2D eigenvalue weighted by Crippen LogP contribution is 2.19. The van der Waals surface area contributed by atoms with Gasteiger partial charge in [0.15, 0.2) is 0 Å². The molecular formula is C9H11ClN2O3S. The lowest BCUT2D eigenvalue weighted by atomic mass is 10.2. The molecule has 1 N–H and O–H groups in total. The van der Waals surface area contributed by atoms with E-state index in [2.05, 4.69) is 4.98 Å². The molecule has 16 heavy (non-hydrogen) atoms. The summed E-state index contributed by atoms with van der Waals surface area (Å²) in [5.41, 5.74) is 0. The van der Waals surface area contributed by atoms with E-state index in [4.69, 9.17) is 11.6 Å². The normalized spacial score (nSPS) is 11.5. The molecule has 7 heteroatoms. The molecule has 0 saturated heterocycles. The highest BCUT2D eigenvalue weighted by atomic mass is 35.5. The third kappa shape index (κ3) is 2.93. The standard InChI is InChI=1S/C9H11ClN2O3S/c1-6(2)9(13)12-16(14,15)8-3-4-11-5-7(8)10/h3-6H,1-2H3,(H,12,13). The zero-order valence-corrected chi connectivity index (χ0v) is 10.3. The van der Waals surface area contributed by atoms with Gasteiger partial charge in [-0.3, -0.25) is 9.78 Å². The second-order valence-corrected chi connectivity index (χ2v) is 5.49. The Hall–Kier alpha value is -1.14. The molecular weight excluding hydrogens is 252 g/mol. The molecule has 0 unspecified atom stereocenters. The van der Waals surface area contributed by atoms with Gasteiger partial charge < -0.3 is 0 Å². The monoisotopic (exact) mass is 262 g/mol. The van der Waals surface area contributed by atoms with Gasteiger partial charge in [0.2, 0.25) is 5.91 Å². The molecule has 0 fully saturated rings. The van der Waals surface area contributed by atoms with Gasteiger partial charge in [0.1, 0.15) is 4.90 Å². The molecule has 88 valence electrons. The zero-order chi connectivity index (χ0) is 12.3. The molecule has 0 bridgehead atoms. The Morgan fingerprint density at radius 2 is 2.12 bits per heavy atom. The van der Waals surface area contributed by atoms with Crippen molar-refractivity contribution < 1.29 is 13.2 Å². The number of carbonyl (C=O) groups excluding carboxylic acids is 1. The van der Waals surface area contributed by atoms with Crippen LogP contribution in [0.15, 0.2) is 23.4 Å². The van der Waals surface area contributed by atoms with Crippen molar-refractivity contribution in [2.75, 3.05) is 0 Å². The van der Waals surface area contributed by atoms with Crippen LogP contribution in [0.4, 0.5) is 0 Å². The Bertz CT molecular complexity index is 499. The fraction of sp³-hybridized carbons (Fsp3) is 0.333. The first-order valence-electron chi connectivity index (χ1n) is 4.51. The van der Waals surface area contributed by atoms with Crippen molar-refractivity contribution in [3.63, 3.8) is 0 Å². The van der Waals surface area contributed by atoms with Crippen LogP contribution in [-0.2, 0) is 14.8 Å². The molecule has 5 nitrogen and oxygen atoms in total. The Balaban J connectivity index is 3.05. The second kappa shape index (κ2) is 4.80. The van der Waals surface area contributed by atoms with Crippen LogP contribution in [0.1, 0.15) is 13.8 Å². The van der Waals surface area contributed by atoms with Crippen LogP contribution in [0.25, 0.3) is 0 Å². The Labute approximate surface area is 98.9 Å². The molecule has 0 spiro atoms. The molecule has 0 atom stereocenters. The summed E-state index contributed by atoms with van der Waals surface area (Å²) >= 11 is 5.68. The van der Waals surface area contributed by atoms with Crippen LogP contribution in [-0.4, -0.2) is 19.3 Å². The van der Waals surface area contributed by atoms with Crippen LogP contribution in [0.3, 0.4) is 0 Å². The Morgan fingerprint density at radius 3 is 2.62 bits per heavy atom. The van der Waals surface area contributed by atoms with E-state index in [1.165, 1.54) is 18.5 Å². The second-order valence-electron chi connectivity index (χ2n) is 3.43. The number of pyridine rings is 1.